The molecule has 15 heavy (non-hydrogen) atoms. The fourth-order valence-corrected chi connectivity index (χ4v) is 0.783. The summed E-state index contributed by atoms with van der Waals surface area (Å²) in [5.41, 5.74) is -0.181. The Hall–Kier alpha value is -1.50. The molecule has 0 heterocycles. The zero-order valence-electron chi connectivity index (χ0n) is 10.1. The van der Waals surface area contributed by atoms with Gasteiger partial charge in [-0.05, 0) is 20.8 Å². The van der Waals surface area contributed by atoms with Crippen molar-refractivity contribution in [2.24, 2.45) is 4.99 Å². The highest BCUT2D eigenvalue weighted by atomic mass is 16.2. The van der Waals surface area contributed by atoms with Gasteiger partial charge in [0.05, 0.1) is 18.4 Å². The van der Waals surface area contributed by atoms with Crippen molar-refractivity contribution in [2.45, 2.75) is 26.3 Å². The maximum Gasteiger partial charge on any atom is 0.325 e. The Balaban J connectivity index is 4.35. The SMILES string of the molecule is C#CCN(C)C(=O)N(C)C=NC(C)(C)C. The van der Waals surface area contributed by atoms with Gasteiger partial charge in [0.15, 0.2) is 0 Å². The Morgan fingerprint density at radius 1 is 1.47 bits per heavy atom. The predicted octanol–water partition coefficient (Wildman–Crippen LogP) is 1.43. The minimum atomic E-state index is -0.181. The number of carbonyl (C=O) groups excluding carboxylic acids is 1. The number of hydrogen-bond donors (Lipinski definition) is 0. The molecular formula is C11H19N3O. The van der Waals surface area contributed by atoms with Crippen molar-refractivity contribution in [3.63, 3.8) is 0 Å². The van der Waals surface area contributed by atoms with Crippen LogP contribution in [-0.4, -0.2) is 48.3 Å². The van der Waals surface area contributed by atoms with Crippen molar-refractivity contribution in [2.75, 3.05) is 20.6 Å². The number of urea groups is 1. The molecule has 0 aromatic rings. The number of carbonyl (C=O) groups is 1. The number of nitrogens with zero attached hydrogens (tertiary/aromatic N) is 3. The smallest absolute Gasteiger partial charge is 0.316 e. The van der Waals surface area contributed by atoms with Crippen LogP contribution in [0, 0.1) is 12.3 Å². The van der Waals surface area contributed by atoms with E-state index in [2.05, 4.69) is 10.9 Å². The van der Waals surface area contributed by atoms with Gasteiger partial charge in [-0.25, -0.2) is 4.79 Å². The van der Waals surface area contributed by atoms with Crippen LogP contribution in [0.1, 0.15) is 20.8 Å². The second-order valence-electron chi connectivity index (χ2n) is 4.37. The van der Waals surface area contributed by atoms with E-state index in [1.54, 1.807) is 14.1 Å². The summed E-state index contributed by atoms with van der Waals surface area (Å²) in [6.45, 7) is 6.19. The van der Waals surface area contributed by atoms with Gasteiger partial charge in [0, 0.05) is 14.1 Å². The maximum atomic E-state index is 11.6. The van der Waals surface area contributed by atoms with E-state index in [0.29, 0.717) is 6.54 Å². The van der Waals surface area contributed by atoms with Crippen LogP contribution in [0.4, 0.5) is 4.79 Å². The predicted molar refractivity (Wildman–Crippen MR) is 62.9 cm³/mol. The van der Waals surface area contributed by atoms with Crippen molar-refractivity contribution in [3.05, 3.63) is 0 Å². The summed E-state index contributed by atoms with van der Waals surface area (Å²) in [7, 11) is 3.31. The molecule has 0 bridgehead atoms. The van der Waals surface area contributed by atoms with Crippen molar-refractivity contribution >= 4 is 12.4 Å². The molecule has 0 aromatic carbocycles. The lowest BCUT2D eigenvalue weighted by Crippen LogP contribution is -2.38. The van der Waals surface area contributed by atoms with Crippen LogP contribution < -0.4 is 0 Å². The van der Waals surface area contributed by atoms with Gasteiger partial charge < -0.3 is 4.90 Å². The van der Waals surface area contributed by atoms with Gasteiger partial charge in [-0.2, -0.15) is 0 Å². The molecule has 0 N–H and O–H groups in total. The molecule has 0 saturated heterocycles. The molecule has 0 rings (SSSR count). The summed E-state index contributed by atoms with van der Waals surface area (Å²) in [6.07, 6.45) is 6.64. The fourth-order valence-electron chi connectivity index (χ4n) is 0.783. The minimum absolute atomic E-state index is 0.166. The molecule has 0 atom stereocenters. The molecule has 0 unspecified atom stereocenters. The standard InChI is InChI=1S/C11H19N3O/c1-7-8-13(5)10(15)14(6)9-12-11(2,3)4/h1,9H,8H2,2-6H3. The van der Waals surface area contributed by atoms with Crippen LogP contribution in [0.3, 0.4) is 0 Å². The van der Waals surface area contributed by atoms with Gasteiger partial charge in [-0.1, -0.05) is 5.92 Å². The van der Waals surface area contributed by atoms with Crippen molar-refractivity contribution in [1.82, 2.24) is 9.80 Å². The fraction of sp³-hybridized carbons (Fsp3) is 0.636. The van der Waals surface area contributed by atoms with E-state index in [1.807, 2.05) is 20.8 Å². The lowest BCUT2D eigenvalue weighted by molar-refractivity contribution is 0.198. The van der Waals surface area contributed by atoms with Crippen LogP contribution in [0.5, 0.6) is 0 Å². The summed E-state index contributed by atoms with van der Waals surface area (Å²) >= 11 is 0. The molecule has 0 aliphatic heterocycles. The number of rotatable bonds is 2. The summed E-state index contributed by atoms with van der Waals surface area (Å²) in [5, 5.41) is 0. The molecular weight excluding hydrogens is 190 g/mol. The van der Waals surface area contributed by atoms with Crippen LogP contribution in [0.25, 0.3) is 0 Å². The molecule has 0 radical (unpaired) electrons. The quantitative estimate of drug-likeness (QED) is 0.385. The molecule has 0 aliphatic carbocycles. The topological polar surface area (TPSA) is 35.9 Å². The van der Waals surface area contributed by atoms with E-state index in [-0.39, 0.29) is 11.6 Å². The van der Waals surface area contributed by atoms with E-state index < -0.39 is 0 Å². The molecule has 0 spiro atoms. The first-order valence-electron chi connectivity index (χ1n) is 4.74. The van der Waals surface area contributed by atoms with Crippen LogP contribution in [0.2, 0.25) is 0 Å². The van der Waals surface area contributed by atoms with Crippen LogP contribution in [-0.2, 0) is 0 Å². The second kappa shape index (κ2) is 5.40. The maximum absolute atomic E-state index is 11.6. The Labute approximate surface area is 92.0 Å². The molecule has 4 heteroatoms. The first-order valence-corrected chi connectivity index (χ1v) is 4.74. The minimum Gasteiger partial charge on any atom is -0.316 e. The summed E-state index contributed by atoms with van der Waals surface area (Å²) in [6, 6.07) is -0.166. The zero-order chi connectivity index (χ0) is 12.1. The molecule has 0 saturated carbocycles. The molecule has 4 nitrogen and oxygen atoms in total. The Morgan fingerprint density at radius 3 is 2.40 bits per heavy atom. The normalized spacial score (nSPS) is 11.2. The van der Waals surface area contributed by atoms with Gasteiger partial charge in [0.1, 0.15) is 0 Å². The van der Waals surface area contributed by atoms with E-state index in [1.165, 1.54) is 16.1 Å². The lowest BCUT2D eigenvalue weighted by atomic mass is 10.1. The summed E-state index contributed by atoms with van der Waals surface area (Å²) in [5.74, 6) is 2.41. The van der Waals surface area contributed by atoms with Gasteiger partial charge in [0.2, 0.25) is 0 Å². The molecule has 84 valence electrons. The van der Waals surface area contributed by atoms with Gasteiger partial charge in [-0.15, -0.1) is 6.42 Å². The molecule has 0 aromatic heterocycles. The molecule has 2 amide bonds. The first kappa shape index (κ1) is 13.5. The van der Waals surface area contributed by atoms with Gasteiger partial charge in [-0.3, -0.25) is 9.89 Å². The molecule has 0 aliphatic rings. The summed E-state index contributed by atoms with van der Waals surface area (Å²) in [4.78, 5) is 18.7. The zero-order valence-corrected chi connectivity index (χ0v) is 10.1. The number of hydrogen-bond acceptors (Lipinski definition) is 2. The van der Waals surface area contributed by atoms with Crippen molar-refractivity contribution < 1.29 is 4.79 Å². The number of terminal acetylenes is 1. The van der Waals surface area contributed by atoms with Crippen LogP contribution >= 0.6 is 0 Å². The lowest BCUT2D eigenvalue weighted by Gasteiger charge is -2.21. The van der Waals surface area contributed by atoms with E-state index in [0.717, 1.165) is 0 Å². The Morgan fingerprint density at radius 2 is 2.00 bits per heavy atom. The Kier molecular flexibility index (Phi) is 4.86. The third kappa shape index (κ3) is 5.74. The van der Waals surface area contributed by atoms with E-state index >= 15 is 0 Å². The third-order valence-electron chi connectivity index (χ3n) is 1.57. The number of amides is 2. The van der Waals surface area contributed by atoms with Crippen LogP contribution in [0.15, 0.2) is 4.99 Å². The first-order chi connectivity index (χ1) is 6.78. The van der Waals surface area contributed by atoms with Gasteiger partial charge >= 0.3 is 6.03 Å². The largest absolute Gasteiger partial charge is 0.325 e. The van der Waals surface area contributed by atoms with Crippen molar-refractivity contribution in [1.29, 1.82) is 0 Å². The highest BCUT2D eigenvalue weighted by molar-refractivity contribution is 5.86. The van der Waals surface area contributed by atoms with E-state index in [9.17, 15) is 4.79 Å². The van der Waals surface area contributed by atoms with Gasteiger partial charge in [0.25, 0.3) is 0 Å². The third-order valence-corrected chi connectivity index (χ3v) is 1.57. The molecule has 0 fully saturated rings. The average Bonchev–Trinajstić information content (AvgIpc) is 2.12. The number of aliphatic imine (C=N–C) groups is 1. The summed E-state index contributed by atoms with van der Waals surface area (Å²) < 4.78 is 0. The second-order valence-corrected chi connectivity index (χ2v) is 4.37. The Bertz CT molecular complexity index is 283. The van der Waals surface area contributed by atoms with E-state index in [4.69, 9.17) is 6.42 Å². The highest BCUT2D eigenvalue weighted by Gasteiger charge is 2.12. The average molecular weight is 209 g/mol. The highest BCUT2D eigenvalue weighted by Crippen LogP contribution is 2.05. The van der Waals surface area contributed by atoms with Crippen molar-refractivity contribution in [3.8, 4) is 12.3 Å². The monoisotopic (exact) mass is 209 g/mol.